The standard InChI is InChI=1S/C13H16O5/c1-17-12-9(4-3-5-11(15)16)6-7-10(8-14)13(12)18-2/h6-8H,3-5H2,1-2H3,(H,15,16). The first kappa shape index (κ1) is 14.0. The molecule has 1 aromatic carbocycles. The van der Waals surface area contributed by atoms with Gasteiger partial charge in [0.15, 0.2) is 17.8 Å². The van der Waals surface area contributed by atoms with E-state index in [0.29, 0.717) is 36.2 Å². The number of aliphatic carboxylic acids is 1. The van der Waals surface area contributed by atoms with Crippen LogP contribution >= 0.6 is 0 Å². The van der Waals surface area contributed by atoms with E-state index in [1.807, 2.05) is 0 Å². The molecule has 0 unspecified atom stereocenters. The third-order valence-corrected chi connectivity index (χ3v) is 2.60. The number of aryl methyl sites for hydroxylation is 1. The molecule has 18 heavy (non-hydrogen) atoms. The summed E-state index contributed by atoms with van der Waals surface area (Å²) in [4.78, 5) is 21.3. The molecule has 5 heteroatoms. The van der Waals surface area contributed by atoms with Gasteiger partial charge in [0.05, 0.1) is 19.8 Å². The first-order valence-electron chi connectivity index (χ1n) is 5.54. The molecule has 0 aliphatic carbocycles. The molecule has 1 N–H and O–H groups in total. The number of hydrogen-bond donors (Lipinski definition) is 1. The fourth-order valence-corrected chi connectivity index (χ4v) is 1.77. The van der Waals surface area contributed by atoms with Gasteiger partial charge < -0.3 is 14.6 Å². The zero-order valence-electron chi connectivity index (χ0n) is 10.4. The molecule has 0 saturated heterocycles. The van der Waals surface area contributed by atoms with Crippen LogP contribution in [0.4, 0.5) is 0 Å². The Morgan fingerprint density at radius 1 is 1.28 bits per heavy atom. The number of carboxylic acid groups (broad SMARTS) is 1. The Balaban J connectivity index is 2.97. The quantitative estimate of drug-likeness (QED) is 0.750. The molecule has 0 aromatic heterocycles. The van der Waals surface area contributed by atoms with Crippen LogP contribution in [-0.2, 0) is 11.2 Å². The van der Waals surface area contributed by atoms with Crippen molar-refractivity contribution in [3.63, 3.8) is 0 Å². The van der Waals surface area contributed by atoms with Crippen LogP contribution < -0.4 is 9.47 Å². The summed E-state index contributed by atoms with van der Waals surface area (Å²) in [5, 5.41) is 8.60. The van der Waals surface area contributed by atoms with Crippen molar-refractivity contribution < 1.29 is 24.2 Å². The molecule has 0 fully saturated rings. The van der Waals surface area contributed by atoms with Crippen LogP contribution in [0.2, 0.25) is 0 Å². The fraction of sp³-hybridized carbons (Fsp3) is 0.385. The highest BCUT2D eigenvalue weighted by atomic mass is 16.5. The molecule has 0 radical (unpaired) electrons. The summed E-state index contributed by atoms with van der Waals surface area (Å²) in [7, 11) is 2.96. The van der Waals surface area contributed by atoms with E-state index in [0.717, 1.165) is 5.56 Å². The van der Waals surface area contributed by atoms with Gasteiger partial charge in [-0.3, -0.25) is 9.59 Å². The Morgan fingerprint density at radius 2 is 1.94 bits per heavy atom. The first-order chi connectivity index (χ1) is 8.63. The van der Waals surface area contributed by atoms with Crippen molar-refractivity contribution in [3.8, 4) is 11.5 Å². The topological polar surface area (TPSA) is 72.8 Å². The molecule has 1 rings (SSSR count). The average molecular weight is 252 g/mol. The van der Waals surface area contributed by atoms with Crippen LogP contribution in [-0.4, -0.2) is 31.6 Å². The number of carbonyl (C=O) groups excluding carboxylic acids is 1. The van der Waals surface area contributed by atoms with Crippen LogP contribution in [0.25, 0.3) is 0 Å². The van der Waals surface area contributed by atoms with Crippen LogP contribution in [0.1, 0.15) is 28.8 Å². The van der Waals surface area contributed by atoms with E-state index in [4.69, 9.17) is 14.6 Å². The number of ether oxygens (including phenoxy) is 2. The van der Waals surface area contributed by atoms with Crippen LogP contribution in [0, 0.1) is 0 Å². The summed E-state index contributed by atoms with van der Waals surface area (Å²) < 4.78 is 10.4. The zero-order valence-corrected chi connectivity index (χ0v) is 10.4. The van der Waals surface area contributed by atoms with Gasteiger partial charge >= 0.3 is 5.97 Å². The molecule has 0 saturated carbocycles. The summed E-state index contributed by atoms with van der Waals surface area (Å²) in [5.74, 6) is 0.0539. The first-order valence-corrected chi connectivity index (χ1v) is 5.54. The number of carboxylic acids is 1. The third-order valence-electron chi connectivity index (χ3n) is 2.60. The molecule has 0 heterocycles. The van der Waals surface area contributed by atoms with Crippen molar-refractivity contribution in [2.75, 3.05) is 14.2 Å². The van der Waals surface area contributed by atoms with Gasteiger partial charge in [-0.05, 0) is 24.5 Å². The Morgan fingerprint density at radius 3 is 2.44 bits per heavy atom. The molecule has 5 nitrogen and oxygen atoms in total. The van der Waals surface area contributed by atoms with Crippen molar-refractivity contribution in [1.29, 1.82) is 0 Å². The maximum atomic E-state index is 10.9. The lowest BCUT2D eigenvalue weighted by atomic mass is 10.0. The number of hydrogen-bond acceptors (Lipinski definition) is 4. The molecule has 1 aromatic rings. The highest BCUT2D eigenvalue weighted by Crippen LogP contribution is 2.34. The summed E-state index contributed by atoms with van der Waals surface area (Å²) in [6.07, 6.45) is 1.86. The second-order valence-corrected chi connectivity index (χ2v) is 3.75. The van der Waals surface area contributed by atoms with Crippen LogP contribution in [0.5, 0.6) is 11.5 Å². The minimum atomic E-state index is -0.828. The van der Waals surface area contributed by atoms with E-state index in [2.05, 4.69) is 0 Å². The van der Waals surface area contributed by atoms with Gasteiger partial charge in [-0.1, -0.05) is 6.07 Å². The zero-order chi connectivity index (χ0) is 13.5. The van der Waals surface area contributed by atoms with Crippen LogP contribution in [0.15, 0.2) is 12.1 Å². The molecule has 0 aliphatic heterocycles. The van der Waals surface area contributed by atoms with Gasteiger partial charge in [-0.25, -0.2) is 0 Å². The van der Waals surface area contributed by atoms with Crippen molar-refractivity contribution >= 4 is 12.3 Å². The number of methoxy groups -OCH3 is 2. The van der Waals surface area contributed by atoms with Gasteiger partial charge in [0.2, 0.25) is 0 Å². The van der Waals surface area contributed by atoms with Crippen molar-refractivity contribution in [2.24, 2.45) is 0 Å². The monoisotopic (exact) mass is 252 g/mol. The smallest absolute Gasteiger partial charge is 0.303 e. The molecule has 0 aliphatic rings. The normalized spacial score (nSPS) is 9.89. The van der Waals surface area contributed by atoms with Crippen molar-refractivity contribution in [3.05, 3.63) is 23.3 Å². The molecule has 0 amide bonds. The minimum absolute atomic E-state index is 0.0981. The predicted octanol–water partition coefficient (Wildman–Crippen LogP) is 1.92. The Labute approximate surface area is 105 Å². The van der Waals surface area contributed by atoms with Crippen molar-refractivity contribution in [2.45, 2.75) is 19.3 Å². The average Bonchev–Trinajstić information content (AvgIpc) is 2.37. The van der Waals surface area contributed by atoms with E-state index < -0.39 is 5.97 Å². The van der Waals surface area contributed by atoms with Gasteiger partial charge in [-0.15, -0.1) is 0 Å². The molecular formula is C13H16O5. The molecule has 0 bridgehead atoms. The van der Waals surface area contributed by atoms with Crippen molar-refractivity contribution in [1.82, 2.24) is 0 Å². The third kappa shape index (κ3) is 3.23. The van der Waals surface area contributed by atoms with Crippen LogP contribution in [0.3, 0.4) is 0 Å². The van der Waals surface area contributed by atoms with E-state index in [9.17, 15) is 9.59 Å². The van der Waals surface area contributed by atoms with Gasteiger partial charge in [0.1, 0.15) is 0 Å². The predicted molar refractivity (Wildman–Crippen MR) is 65.5 cm³/mol. The maximum absolute atomic E-state index is 10.9. The number of benzene rings is 1. The number of aldehydes is 1. The lowest BCUT2D eigenvalue weighted by Crippen LogP contribution is -2.01. The summed E-state index contributed by atoms with van der Waals surface area (Å²) >= 11 is 0. The Hall–Kier alpha value is -2.04. The summed E-state index contributed by atoms with van der Waals surface area (Å²) in [5.41, 5.74) is 1.25. The highest BCUT2D eigenvalue weighted by Gasteiger charge is 2.14. The molecular weight excluding hydrogens is 236 g/mol. The van der Waals surface area contributed by atoms with Gasteiger partial charge in [0.25, 0.3) is 0 Å². The lowest BCUT2D eigenvalue weighted by Gasteiger charge is -2.14. The second kappa shape index (κ2) is 6.64. The largest absolute Gasteiger partial charge is 0.493 e. The molecule has 0 spiro atoms. The number of carbonyl (C=O) groups is 2. The Kier molecular flexibility index (Phi) is 5.17. The molecule has 98 valence electrons. The maximum Gasteiger partial charge on any atom is 0.303 e. The highest BCUT2D eigenvalue weighted by molar-refractivity contribution is 5.81. The van der Waals surface area contributed by atoms with E-state index in [1.165, 1.54) is 14.2 Å². The Bertz CT molecular complexity index is 439. The summed E-state index contributed by atoms with van der Waals surface area (Å²) in [6.45, 7) is 0. The van der Waals surface area contributed by atoms with Gasteiger partial charge in [0, 0.05) is 6.42 Å². The number of rotatable bonds is 7. The fourth-order valence-electron chi connectivity index (χ4n) is 1.77. The lowest BCUT2D eigenvalue weighted by molar-refractivity contribution is -0.137. The van der Waals surface area contributed by atoms with Gasteiger partial charge in [-0.2, -0.15) is 0 Å². The van der Waals surface area contributed by atoms with E-state index >= 15 is 0 Å². The minimum Gasteiger partial charge on any atom is -0.493 e. The second-order valence-electron chi connectivity index (χ2n) is 3.75. The SMILES string of the molecule is COc1c(C=O)ccc(CCCC(=O)O)c1OC. The molecule has 0 atom stereocenters. The van der Waals surface area contributed by atoms with E-state index in [1.54, 1.807) is 12.1 Å². The summed E-state index contributed by atoms with van der Waals surface area (Å²) in [6, 6.07) is 3.40. The van der Waals surface area contributed by atoms with E-state index in [-0.39, 0.29) is 6.42 Å².